The number of carbonyl (C=O) groups is 1. The lowest BCUT2D eigenvalue weighted by molar-refractivity contribution is -0.144. The molecule has 7 nitrogen and oxygen atoms in total. The summed E-state index contributed by atoms with van der Waals surface area (Å²) < 4.78 is 10.3. The van der Waals surface area contributed by atoms with Crippen molar-refractivity contribution in [1.82, 2.24) is 20.4 Å². The predicted octanol–water partition coefficient (Wildman–Crippen LogP) is 1.42. The van der Waals surface area contributed by atoms with E-state index in [1.807, 2.05) is 7.05 Å². The van der Waals surface area contributed by atoms with Gasteiger partial charge in [-0.2, -0.15) is 4.98 Å². The summed E-state index contributed by atoms with van der Waals surface area (Å²) in [5.74, 6) is 1.79. The number of halogens is 1. The van der Waals surface area contributed by atoms with Gasteiger partial charge in [0, 0.05) is 27.1 Å². The van der Waals surface area contributed by atoms with Gasteiger partial charge in [-0.25, -0.2) is 0 Å². The van der Waals surface area contributed by atoms with Crippen molar-refractivity contribution in [2.75, 3.05) is 33.9 Å². The van der Waals surface area contributed by atoms with Gasteiger partial charge in [-0.1, -0.05) is 18.0 Å². The molecule has 2 atom stereocenters. The van der Waals surface area contributed by atoms with E-state index >= 15 is 0 Å². The van der Waals surface area contributed by atoms with E-state index in [1.54, 1.807) is 12.0 Å². The number of ether oxygens (including phenoxy) is 1. The quantitative estimate of drug-likeness (QED) is 0.828. The van der Waals surface area contributed by atoms with Crippen LogP contribution in [0.3, 0.4) is 0 Å². The van der Waals surface area contributed by atoms with Crippen molar-refractivity contribution in [3.05, 3.63) is 11.7 Å². The van der Waals surface area contributed by atoms with E-state index in [4.69, 9.17) is 9.26 Å². The molecule has 1 aliphatic carbocycles. The second-order valence-electron chi connectivity index (χ2n) is 6.74. The standard InChI is InChI=1S/C16H26N4O3.ClH/c1-20(10-14-18-13(19-23-14)6-8-22-2)15(21)16-7-4-3-5-12(16)9-17-11-16;/h12,17H,3-11H2,1-2H3;1H/t12-,16+;/m0./s1. The van der Waals surface area contributed by atoms with Crippen LogP contribution in [0.5, 0.6) is 0 Å². The topological polar surface area (TPSA) is 80.5 Å². The Balaban J connectivity index is 0.00000208. The molecule has 0 bridgehead atoms. The van der Waals surface area contributed by atoms with E-state index in [-0.39, 0.29) is 23.7 Å². The summed E-state index contributed by atoms with van der Waals surface area (Å²) in [6.45, 7) is 2.68. The van der Waals surface area contributed by atoms with Gasteiger partial charge < -0.3 is 19.5 Å². The van der Waals surface area contributed by atoms with Crippen molar-refractivity contribution in [3.8, 4) is 0 Å². The Labute approximate surface area is 148 Å². The van der Waals surface area contributed by atoms with Gasteiger partial charge in [0.05, 0.1) is 18.6 Å². The Hall–Kier alpha value is -1.18. The number of nitrogens with zero attached hydrogens (tertiary/aromatic N) is 3. The normalized spacial score (nSPS) is 25.8. The number of amides is 1. The van der Waals surface area contributed by atoms with Crippen molar-refractivity contribution in [1.29, 1.82) is 0 Å². The van der Waals surface area contributed by atoms with Gasteiger partial charge in [0.2, 0.25) is 11.8 Å². The molecule has 1 aliphatic heterocycles. The molecule has 0 aromatic carbocycles. The molecule has 2 heterocycles. The molecule has 2 fully saturated rings. The first-order chi connectivity index (χ1) is 11.2. The van der Waals surface area contributed by atoms with Crippen LogP contribution in [0.15, 0.2) is 4.52 Å². The first-order valence-electron chi connectivity index (χ1n) is 8.42. The van der Waals surface area contributed by atoms with Crippen molar-refractivity contribution in [2.24, 2.45) is 11.3 Å². The Morgan fingerprint density at radius 1 is 1.50 bits per heavy atom. The van der Waals surface area contributed by atoms with Gasteiger partial charge in [-0.15, -0.1) is 12.4 Å². The first kappa shape index (κ1) is 19.1. The summed E-state index contributed by atoms with van der Waals surface area (Å²) in [6, 6.07) is 0. The molecule has 24 heavy (non-hydrogen) atoms. The average molecular weight is 359 g/mol. The molecule has 1 N–H and O–H groups in total. The average Bonchev–Trinajstić information content (AvgIpc) is 3.19. The maximum atomic E-state index is 13.1. The number of aromatic nitrogens is 2. The summed E-state index contributed by atoms with van der Waals surface area (Å²) in [7, 11) is 3.48. The molecule has 136 valence electrons. The van der Waals surface area contributed by atoms with E-state index in [2.05, 4.69) is 15.5 Å². The molecule has 1 amide bonds. The van der Waals surface area contributed by atoms with Crippen LogP contribution in [0.25, 0.3) is 0 Å². The van der Waals surface area contributed by atoms with Crippen molar-refractivity contribution in [2.45, 2.75) is 38.6 Å². The minimum atomic E-state index is -0.230. The van der Waals surface area contributed by atoms with Gasteiger partial charge >= 0.3 is 0 Å². The smallest absolute Gasteiger partial charge is 0.246 e. The van der Waals surface area contributed by atoms with Crippen molar-refractivity contribution < 1.29 is 14.1 Å². The van der Waals surface area contributed by atoms with E-state index in [1.165, 1.54) is 6.42 Å². The summed E-state index contributed by atoms with van der Waals surface area (Å²) in [4.78, 5) is 19.1. The fourth-order valence-electron chi connectivity index (χ4n) is 3.97. The van der Waals surface area contributed by atoms with E-state index < -0.39 is 0 Å². The third kappa shape index (κ3) is 3.73. The maximum absolute atomic E-state index is 13.1. The lowest BCUT2D eigenvalue weighted by atomic mass is 9.67. The minimum Gasteiger partial charge on any atom is -0.384 e. The highest BCUT2D eigenvalue weighted by molar-refractivity contribution is 5.85. The zero-order valence-corrected chi connectivity index (χ0v) is 15.2. The van der Waals surface area contributed by atoms with Crippen LogP contribution in [0.1, 0.15) is 37.4 Å². The molecule has 3 rings (SSSR count). The van der Waals surface area contributed by atoms with E-state index in [0.717, 1.165) is 32.4 Å². The third-order valence-electron chi connectivity index (χ3n) is 5.22. The third-order valence-corrected chi connectivity index (χ3v) is 5.22. The van der Waals surface area contributed by atoms with Gasteiger partial charge in [-0.3, -0.25) is 4.79 Å². The molecule has 1 aromatic rings. The second-order valence-corrected chi connectivity index (χ2v) is 6.74. The largest absolute Gasteiger partial charge is 0.384 e. The summed E-state index contributed by atoms with van der Waals surface area (Å²) in [5, 5.41) is 7.35. The minimum absolute atomic E-state index is 0. The Morgan fingerprint density at radius 2 is 2.33 bits per heavy atom. The van der Waals surface area contributed by atoms with E-state index in [9.17, 15) is 4.79 Å². The second kappa shape index (κ2) is 8.27. The zero-order chi connectivity index (χ0) is 16.3. The van der Waals surface area contributed by atoms with Crippen molar-refractivity contribution >= 4 is 18.3 Å². The number of rotatable bonds is 6. The molecule has 1 saturated heterocycles. The Morgan fingerprint density at radius 3 is 3.12 bits per heavy atom. The molecule has 2 aliphatic rings. The number of methoxy groups -OCH3 is 1. The lowest BCUT2D eigenvalue weighted by Crippen LogP contribution is -2.48. The van der Waals surface area contributed by atoms with Crippen LogP contribution in [0.2, 0.25) is 0 Å². The molecule has 0 spiro atoms. The predicted molar refractivity (Wildman–Crippen MR) is 90.9 cm³/mol. The SMILES string of the molecule is COCCc1noc(CN(C)C(=O)[C@@]23CCCC[C@H]2CNC3)n1.Cl. The summed E-state index contributed by atoms with van der Waals surface area (Å²) >= 11 is 0. The number of nitrogens with one attached hydrogen (secondary N) is 1. The van der Waals surface area contributed by atoms with Crippen LogP contribution in [-0.2, 0) is 22.5 Å². The monoisotopic (exact) mass is 358 g/mol. The molecular formula is C16H27ClN4O3. The highest BCUT2D eigenvalue weighted by Crippen LogP contribution is 2.45. The first-order valence-corrected chi connectivity index (χ1v) is 8.42. The molecular weight excluding hydrogens is 332 g/mol. The Kier molecular flexibility index (Phi) is 6.60. The molecule has 0 unspecified atom stereocenters. The van der Waals surface area contributed by atoms with E-state index in [0.29, 0.717) is 37.2 Å². The molecule has 8 heteroatoms. The number of hydrogen-bond donors (Lipinski definition) is 1. The van der Waals surface area contributed by atoms with Gasteiger partial charge in [0.1, 0.15) is 0 Å². The highest BCUT2D eigenvalue weighted by Gasteiger charge is 2.50. The van der Waals surface area contributed by atoms with Crippen LogP contribution in [-0.4, -0.2) is 54.8 Å². The number of carbonyl (C=O) groups excluding carboxylic acids is 1. The fraction of sp³-hybridized carbons (Fsp3) is 0.812. The Bertz CT molecular complexity index is 553. The van der Waals surface area contributed by atoms with Crippen molar-refractivity contribution in [3.63, 3.8) is 0 Å². The zero-order valence-electron chi connectivity index (χ0n) is 14.4. The molecule has 0 radical (unpaired) electrons. The van der Waals surface area contributed by atoms with Crippen LogP contribution < -0.4 is 5.32 Å². The maximum Gasteiger partial charge on any atom is 0.246 e. The number of fused-ring (bicyclic) bond motifs is 1. The van der Waals surface area contributed by atoms with Gasteiger partial charge in [0.25, 0.3) is 0 Å². The molecule has 1 aromatic heterocycles. The molecule has 1 saturated carbocycles. The highest BCUT2D eigenvalue weighted by atomic mass is 35.5. The fourth-order valence-corrected chi connectivity index (χ4v) is 3.97. The summed E-state index contributed by atoms with van der Waals surface area (Å²) in [5.41, 5.74) is -0.230. The van der Waals surface area contributed by atoms with Crippen LogP contribution in [0.4, 0.5) is 0 Å². The number of hydrogen-bond acceptors (Lipinski definition) is 6. The summed E-state index contributed by atoms with van der Waals surface area (Å²) in [6.07, 6.45) is 5.12. The van der Waals surface area contributed by atoms with Gasteiger partial charge in [-0.05, 0) is 25.3 Å². The van der Waals surface area contributed by atoms with Crippen LogP contribution in [0, 0.1) is 11.3 Å². The van der Waals surface area contributed by atoms with Crippen LogP contribution >= 0.6 is 12.4 Å². The van der Waals surface area contributed by atoms with Gasteiger partial charge in [0.15, 0.2) is 5.82 Å². The lowest BCUT2D eigenvalue weighted by Gasteiger charge is -2.39.